The van der Waals surface area contributed by atoms with Crippen LogP contribution in [0.5, 0.6) is 0 Å². The highest BCUT2D eigenvalue weighted by atomic mass is 16.2. The summed E-state index contributed by atoms with van der Waals surface area (Å²) < 4.78 is 0. The quantitative estimate of drug-likeness (QED) is 0.784. The molecule has 0 aromatic heterocycles. The maximum absolute atomic E-state index is 11.5. The second-order valence-electron chi connectivity index (χ2n) is 3.17. The van der Waals surface area contributed by atoms with Crippen molar-refractivity contribution in [3.05, 3.63) is 35.9 Å². The van der Waals surface area contributed by atoms with Crippen LogP contribution < -0.4 is 5.32 Å². The molecule has 14 heavy (non-hydrogen) atoms. The van der Waals surface area contributed by atoms with Gasteiger partial charge in [0.05, 0.1) is 6.04 Å². The molecular weight excluding hydrogens is 178 g/mol. The lowest BCUT2D eigenvalue weighted by Gasteiger charge is -2.09. The summed E-state index contributed by atoms with van der Waals surface area (Å²) in [6, 6.07) is 8.40. The van der Waals surface area contributed by atoms with Crippen molar-refractivity contribution in [3.8, 4) is 0 Å². The zero-order valence-corrected chi connectivity index (χ0v) is 8.28. The Bertz CT molecular complexity index is 332. The fourth-order valence-electron chi connectivity index (χ4n) is 0.971. The number of carbonyl (C=O) groups excluding carboxylic acids is 2. The van der Waals surface area contributed by atoms with Gasteiger partial charge in [-0.2, -0.15) is 0 Å². The number of carbonyl (C=O) groups is 2. The van der Waals surface area contributed by atoms with E-state index < -0.39 is 6.04 Å². The lowest BCUT2D eigenvalue weighted by Crippen LogP contribution is -2.37. The SMILES string of the molecule is CC(=O)[C@@H](C)NC(=O)c1ccccc1. The van der Waals surface area contributed by atoms with Crippen LogP contribution in [0, 0.1) is 0 Å². The summed E-state index contributed by atoms with van der Waals surface area (Å²) in [7, 11) is 0. The smallest absolute Gasteiger partial charge is 0.251 e. The van der Waals surface area contributed by atoms with Crippen LogP contribution in [-0.2, 0) is 4.79 Å². The monoisotopic (exact) mass is 191 g/mol. The number of ketones is 1. The topological polar surface area (TPSA) is 46.2 Å². The van der Waals surface area contributed by atoms with E-state index in [4.69, 9.17) is 0 Å². The third-order valence-corrected chi connectivity index (χ3v) is 1.99. The van der Waals surface area contributed by atoms with Gasteiger partial charge in [0, 0.05) is 5.56 Å². The van der Waals surface area contributed by atoms with E-state index in [-0.39, 0.29) is 11.7 Å². The van der Waals surface area contributed by atoms with Gasteiger partial charge in [-0.25, -0.2) is 0 Å². The molecule has 3 nitrogen and oxygen atoms in total. The van der Waals surface area contributed by atoms with Crippen LogP contribution in [-0.4, -0.2) is 17.7 Å². The molecule has 1 aromatic carbocycles. The maximum Gasteiger partial charge on any atom is 0.251 e. The van der Waals surface area contributed by atoms with Crippen LogP contribution >= 0.6 is 0 Å². The summed E-state index contributed by atoms with van der Waals surface area (Å²) in [4.78, 5) is 22.4. The highest BCUT2D eigenvalue weighted by Gasteiger charge is 2.11. The molecule has 1 atom stereocenters. The van der Waals surface area contributed by atoms with Crippen molar-refractivity contribution in [2.75, 3.05) is 0 Å². The van der Waals surface area contributed by atoms with Gasteiger partial charge in [0.1, 0.15) is 0 Å². The Labute approximate surface area is 83.1 Å². The van der Waals surface area contributed by atoms with Crippen LogP contribution in [0.1, 0.15) is 24.2 Å². The van der Waals surface area contributed by atoms with Crippen LogP contribution in [0.2, 0.25) is 0 Å². The van der Waals surface area contributed by atoms with Gasteiger partial charge >= 0.3 is 0 Å². The molecule has 0 aliphatic heterocycles. The van der Waals surface area contributed by atoms with Crippen molar-refractivity contribution in [2.45, 2.75) is 19.9 Å². The van der Waals surface area contributed by atoms with E-state index in [0.29, 0.717) is 5.56 Å². The average Bonchev–Trinajstić information content (AvgIpc) is 2.19. The largest absolute Gasteiger partial charge is 0.343 e. The van der Waals surface area contributed by atoms with Crippen molar-refractivity contribution in [2.24, 2.45) is 0 Å². The standard InChI is InChI=1S/C11H13NO2/c1-8(9(2)13)12-11(14)10-6-4-3-5-7-10/h3-8H,1-2H3,(H,12,14)/t8-/m1/s1. The van der Waals surface area contributed by atoms with Gasteiger partial charge in [-0.3, -0.25) is 9.59 Å². The normalized spacial score (nSPS) is 11.9. The first-order chi connectivity index (χ1) is 6.61. The van der Waals surface area contributed by atoms with Crippen molar-refractivity contribution < 1.29 is 9.59 Å². The van der Waals surface area contributed by atoms with Gasteiger partial charge in [0.2, 0.25) is 0 Å². The Morgan fingerprint density at radius 3 is 2.29 bits per heavy atom. The van der Waals surface area contributed by atoms with E-state index in [1.807, 2.05) is 6.07 Å². The molecule has 0 aliphatic carbocycles. The molecular formula is C11H13NO2. The summed E-state index contributed by atoms with van der Waals surface area (Å²) in [5.41, 5.74) is 0.570. The first kappa shape index (κ1) is 10.4. The number of Topliss-reactive ketones (excluding diaryl/α,β-unsaturated/α-hetero) is 1. The zero-order valence-electron chi connectivity index (χ0n) is 8.28. The molecule has 1 amide bonds. The Hall–Kier alpha value is -1.64. The first-order valence-electron chi connectivity index (χ1n) is 4.47. The van der Waals surface area contributed by atoms with E-state index in [0.717, 1.165) is 0 Å². The summed E-state index contributed by atoms with van der Waals surface area (Å²) >= 11 is 0. The predicted molar refractivity (Wildman–Crippen MR) is 54.1 cm³/mol. The Balaban J connectivity index is 2.64. The fraction of sp³-hybridized carbons (Fsp3) is 0.273. The molecule has 0 unspecified atom stereocenters. The van der Waals surface area contributed by atoms with Gasteiger partial charge in [0.15, 0.2) is 5.78 Å². The summed E-state index contributed by atoms with van der Waals surface area (Å²) in [5, 5.41) is 2.61. The first-order valence-corrected chi connectivity index (χ1v) is 4.47. The molecule has 0 radical (unpaired) electrons. The minimum atomic E-state index is -0.428. The molecule has 1 rings (SSSR count). The Kier molecular flexibility index (Phi) is 3.40. The predicted octanol–water partition coefficient (Wildman–Crippen LogP) is 1.39. The number of nitrogens with one attached hydrogen (secondary N) is 1. The zero-order chi connectivity index (χ0) is 10.6. The average molecular weight is 191 g/mol. The minimum Gasteiger partial charge on any atom is -0.343 e. The molecule has 1 aromatic rings. The maximum atomic E-state index is 11.5. The van der Waals surface area contributed by atoms with Crippen molar-refractivity contribution in [3.63, 3.8) is 0 Å². The number of rotatable bonds is 3. The molecule has 0 heterocycles. The van der Waals surface area contributed by atoms with Gasteiger partial charge in [-0.05, 0) is 26.0 Å². The molecule has 0 spiro atoms. The van der Waals surface area contributed by atoms with E-state index in [1.165, 1.54) is 6.92 Å². The minimum absolute atomic E-state index is 0.0470. The lowest BCUT2D eigenvalue weighted by molar-refractivity contribution is -0.118. The third kappa shape index (κ3) is 2.69. The Morgan fingerprint density at radius 1 is 1.21 bits per heavy atom. The summed E-state index contributed by atoms with van der Waals surface area (Å²) in [6.07, 6.45) is 0. The molecule has 0 saturated carbocycles. The molecule has 0 bridgehead atoms. The lowest BCUT2D eigenvalue weighted by atomic mass is 10.2. The third-order valence-electron chi connectivity index (χ3n) is 1.99. The molecule has 3 heteroatoms. The highest BCUT2D eigenvalue weighted by Crippen LogP contribution is 1.98. The van der Waals surface area contributed by atoms with Gasteiger partial charge in [-0.1, -0.05) is 18.2 Å². The molecule has 0 fully saturated rings. The molecule has 74 valence electrons. The van der Waals surface area contributed by atoms with Crippen LogP contribution in [0.4, 0.5) is 0 Å². The Morgan fingerprint density at radius 2 is 1.79 bits per heavy atom. The highest BCUT2D eigenvalue weighted by molar-refractivity contribution is 5.97. The van der Waals surface area contributed by atoms with Crippen molar-refractivity contribution in [1.29, 1.82) is 0 Å². The van der Waals surface area contributed by atoms with E-state index in [9.17, 15) is 9.59 Å². The van der Waals surface area contributed by atoms with E-state index >= 15 is 0 Å². The summed E-state index contributed by atoms with van der Waals surface area (Å²) in [6.45, 7) is 3.12. The van der Waals surface area contributed by atoms with Crippen LogP contribution in [0.25, 0.3) is 0 Å². The fourth-order valence-corrected chi connectivity index (χ4v) is 0.971. The number of hydrogen-bond donors (Lipinski definition) is 1. The number of hydrogen-bond acceptors (Lipinski definition) is 2. The second-order valence-corrected chi connectivity index (χ2v) is 3.17. The molecule has 1 N–H and O–H groups in total. The van der Waals surface area contributed by atoms with Crippen molar-refractivity contribution in [1.82, 2.24) is 5.32 Å². The van der Waals surface area contributed by atoms with Crippen LogP contribution in [0.15, 0.2) is 30.3 Å². The second kappa shape index (κ2) is 4.56. The van der Waals surface area contributed by atoms with Gasteiger partial charge < -0.3 is 5.32 Å². The van der Waals surface area contributed by atoms with E-state index in [2.05, 4.69) is 5.32 Å². The summed E-state index contributed by atoms with van der Waals surface area (Å²) in [5.74, 6) is -0.261. The van der Waals surface area contributed by atoms with Gasteiger partial charge in [-0.15, -0.1) is 0 Å². The van der Waals surface area contributed by atoms with Gasteiger partial charge in [0.25, 0.3) is 5.91 Å². The number of amides is 1. The molecule has 0 saturated heterocycles. The number of benzene rings is 1. The van der Waals surface area contributed by atoms with E-state index in [1.54, 1.807) is 31.2 Å². The van der Waals surface area contributed by atoms with Crippen LogP contribution in [0.3, 0.4) is 0 Å². The van der Waals surface area contributed by atoms with Crippen molar-refractivity contribution >= 4 is 11.7 Å². The molecule has 0 aliphatic rings.